The number of nitrogens with zero attached hydrogens (tertiary/aromatic N) is 2. The molecular formula is C12H9N3O3. The quantitative estimate of drug-likeness (QED) is 0.493. The number of nitrogens with one attached hydrogen (secondary N) is 1. The summed E-state index contributed by atoms with van der Waals surface area (Å²) in [7, 11) is 0. The average molecular weight is 243 g/mol. The molecule has 2 rings (SSSR count). The number of hydrogen-bond donors (Lipinski definition) is 1. The second-order valence-corrected chi connectivity index (χ2v) is 3.27. The molecule has 1 amide bonds. The van der Waals surface area contributed by atoms with Crippen LogP contribution in [0.5, 0.6) is 0 Å². The van der Waals surface area contributed by atoms with Crippen LogP contribution < -0.4 is 5.43 Å². The van der Waals surface area contributed by atoms with Crippen LogP contribution in [0, 0.1) is 0 Å². The van der Waals surface area contributed by atoms with E-state index in [1.165, 1.54) is 18.7 Å². The van der Waals surface area contributed by atoms with E-state index in [0.29, 0.717) is 17.6 Å². The lowest BCUT2D eigenvalue weighted by molar-refractivity contribution is -0.102. The highest BCUT2D eigenvalue weighted by atomic mass is 16.3. The third kappa shape index (κ3) is 2.67. The number of aldehydes is 1. The van der Waals surface area contributed by atoms with Crippen LogP contribution in [0.25, 0.3) is 0 Å². The normalized spacial score (nSPS) is 11.0. The van der Waals surface area contributed by atoms with Gasteiger partial charge >= 0.3 is 0 Å². The molecule has 0 aliphatic rings. The molecule has 0 atom stereocenters. The zero-order valence-electron chi connectivity index (χ0n) is 9.24. The summed E-state index contributed by atoms with van der Waals surface area (Å²) in [4.78, 5) is 26.2. The van der Waals surface area contributed by atoms with Crippen molar-refractivity contribution in [3.8, 4) is 0 Å². The lowest BCUT2D eigenvalue weighted by atomic mass is 10.2. The molecule has 6 nitrogen and oxygen atoms in total. The van der Waals surface area contributed by atoms with Crippen LogP contribution in [0.1, 0.15) is 16.1 Å². The zero-order valence-corrected chi connectivity index (χ0v) is 9.24. The summed E-state index contributed by atoms with van der Waals surface area (Å²) in [5, 5.41) is 3.70. The summed E-state index contributed by atoms with van der Waals surface area (Å²) in [5.41, 5.74) is 2.69. The Morgan fingerprint density at radius 1 is 1.33 bits per heavy atom. The van der Waals surface area contributed by atoms with E-state index < -0.39 is 5.91 Å². The van der Waals surface area contributed by atoms with E-state index >= 15 is 0 Å². The first-order valence-corrected chi connectivity index (χ1v) is 5.08. The number of carbonyl (C=O) groups is 2. The van der Waals surface area contributed by atoms with Gasteiger partial charge in [0.15, 0.2) is 17.8 Å². The molecule has 0 spiro atoms. The maximum absolute atomic E-state index is 11.6. The number of amides is 1. The largest absolute Gasteiger partial charge is 0.463 e. The Morgan fingerprint density at radius 3 is 2.72 bits per heavy atom. The molecule has 1 N–H and O–H groups in total. The molecule has 0 aliphatic carbocycles. The van der Waals surface area contributed by atoms with Crippen molar-refractivity contribution in [2.24, 2.45) is 5.10 Å². The molecule has 2 aromatic heterocycles. The van der Waals surface area contributed by atoms with Gasteiger partial charge in [0.2, 0.25) is 0 Å². The third-order valence-electron chi connectivity index (χ3n) is 2.11. The van der Waals surface area contributed by atoms with Crippen LogP contribution in [0.2, 0.25) is 0 Å². The van der Waals surface area contributed by atoms with Crippen LogP contribution in [-0.4, -0.2) is 22.9 Å². The monoisotopic (exact) mass is 243 g/mol. The van der Waals surface area contributed by atoms with E-state index in [4.69, 9.17) is 4.42 Å². The molecule has 0 unspecified atom stereocenters. The summed E-state index contributed by atoms with van der Waals surface area (Å²) in [6.07, 6.45) is 4.91. The Balaban J connectivity index is 2.10. The Kier molecular flexibility index (Phi) is 3.60. The summed E-state index contributed by atoms with van der Waals surface area (Å²) in [6, 6.07) is 6.28. The van der Waals surface area contributed by atoms with E-state index in [1.54, 1.807) is 24.3 Å². The van der Waals surface area contributed by atoms with E-state index in [-0.39, 0.29) is 5.71 Å². The van der Waals surface area contributed by atoms with Gasteiger partial charge in [-0.1, -0.05) is 0 Å². The van der Waals surface area contributed by atoms with Crippen molar-refractivity contribution in [3.63, 3.8) is 0 Å². The van der Waals surface area contributed by atoms with Crippen molar-refractivity contribution in [2.45, 2.75) is 0 Å². The number of hydrogen-bond acceptors (Lipinski definition) is 5. The van der Waals surface area contributed by atoms with Crippen molar-refractivity contribution >= 4 is 17.9 Å². The van der Waals surface area contributed by atoms with Gasteiger partial charge in [-0.15, -0.1) is 0 Å². The van der Waals surface area contributed by atoms with E-state index in [2.05, 4.69) is 15.5 Å². The first-order valence-electron chi connectivity index (χ1n) is 5.08. The second kappa shape index (κ2) is 5.53. The highest BCUT2D eigenvalue weighted by Gasteiger charge is 2.07. The maximum Gasteiger partial charge on any atom is 0.271 e. The topological polar surface area (TPSA) is 84.6 Å². The van der Waals surface area contributed by atoms with E-state index in [0.717, 1.165) is 0 Å². The summed E-state index contributed by atoms with van der Waals surface area (Å²) in [5.74, 6) is -0.136. The molecule has 2 heterocycles. The maximum atomic E-state index is 11.6. The minimum Gasteiger partial charge on any atom is -0.463 e. The van der Waals surface area contributed by atoms with Gasteiger partial charge < -0.3 is 4.42 Å². The number of pyridine rings is 1. The number of furan rings is 1. The molecule has 0 saturated carbocycles. The first kappa shape index (κ1) is 11.7. The highest BCUT2D eigenvalue weighted by molar-refractivity contribution is 6.35. The van der Waals surface area contributed by atoms with Crippen molar-refractivity contribution in [2.75, 3.05) is 0 Å². The van der Waals surface area contributed by atoms with Crippen molar-refractivity contribution < 1.29 is 14.0 Å². The molecule has 6 heteroatoms. The molecule has 0 fully saturated rings. The first-order chi connectivity index (χ1) is 8.81. The van der Waals surface area contributed by atoms with E-state index in [9.17, 15) is 9.59 Å². The molecule has 18 heavy (non-hydrogen) atoms. The van der Waals surface area contributed by atoms with Gasteiger partial charge in [-0.05, 0) is 24.3 Å². The molecule has 2 aromatic rings. The fourth-order valence-electron chi connectivity index (χ4n) is 1.24. The van der Waals surface area contributed by atoms with Gasteiger partial charge in [0.05, 0.1) is 6.26 Å². The second-order valence-electron chi connectivity index (χ2n) is 3.27. The number of hydrazone groups is 1. The zero-order chi connectivity index (χ0) is 12.8. The fraction of sp³-hybridized carbons (Fsp3) is 0. The highest BCUT2D eigenvalue weighted by Crippen LogP contribution is 2.01. The van der Waals surface area contributed by atoms with Crippen LogP contribution in [0.4, 0.5) is 0 Å². The van der Waals surface area contributed by atoms with Crippen LogP contribution in [0.3, 0.4) is 0 Å². The molecule has 90 valence electrons. The third-order valence-corrected chi connectivity index (χ3v) is 2.11. The minimum absolute atomic E-state index is 0.0161. The van der Waals surface area contributed by atoms with E-state index in [1.807, 2.05) is 0 Å². The molecule has 0 saturated heterocycles. The Bertz CT molecular complexity index is 562. The smallest absolute Gasteiger partial charge is 0.271 e. The Hall–Kier alpha value is -2.76. The molecule has 0 aromatic carbocycles. The van der Waals surface area contributed by atoms with Crippen LogP contribution in [-0.2, 0) is 4.79 Å². The molecule has 0 bridgehead atoms. The predicted octanol–water partition coefficient (Wildman–Crippen LogP) is 1.01. The fourth-order valence-corrected chi connectivity index (χ4v) is 1.24. The van der Waals surface area contributed by atoms with Gasteiger partial charge in [0.1, 0.15) is 0 Å². The number of rotatable bonds is 4. The molecular weight excluding hydrogens is 234 g/mol. The lowest BCUT2D eigenvalue weighted by Gasteiger charge is -1.99. The van der Waals surface area contributed by atoms with Gasteiger partial charge in [-0.3, -0.25) is 14.6 Å². The average Bonchev–Trinajstić information content (AvgIpc) is 2.94. The van der Waals surface area contributed by atoms with Crippen molar-refractivity contribution in [1.82, 2.24) is 10.4 Å². The SMILES string of the molecule is O=CC(=NNC(=O)c1ccncc1)c1ccco1. The van der Waals surface area contributed by atoms with Crippen LogP contribution >= 0.6 is 0 Å². The van der Waals surface area contributed by atoms with Gasteiger partial charge in [0, 0.05) is 18.0 Å². The standard InChI is InChI=1S/C12H9N3O3/c16-8-10(11-2-1-7-18-11)14-15-12(17)9-3-5-13-6-4-9/h1-8H,(H,15,17). The summed E-state index contributed by atoms with van der Waals surface area (Å²) >= 11 is 0. The molecule has 0 radical (unpaired) electrons. The van der Waals surface area contributed by atoms with Gasteiger partial charge in [-0.2, -0.15) is 5.10 Å². The predicted molar refractivity (Wildman–Crippen MR) is 63.0 cm³/mol. The Morgan fingerprint density at radius 2 is 2.11 bits per heavy atom. The Labute approximate surface area is 102 Å². The number of carbonyl (C=O) groups excluding carboxylic acids is 2. The lowest BCUT2D eigenvalue weighted by Crippen LogP contribution is -2.20. The van der Waals surface area contributed by atoms with Crippen molar-refractivity contribution in [1.29, 1.82) is 0 Å². The van der Waals surface area contributed by atoms with Crippen molar-refractivity contribution in [3.05, 3.63) is 54.2 Å². The minimum atomic E-state index is -0.427. The number of aromatic nitrogens is 1. The summed E-state index contributed by atoms with van der Waals surface area (Å²) in [6.45, 7) is 0. The molecule has 0 aliphatic heterocycles. The summed E-state index contributed by atoms with van der Waals surface area (Å²) < 4.78 is 5.00. The van der Waals surface area contributed by atoms with Crippen LogP contribution in [0.15, 0.2) is 52.4 Å². The van der Waals surface area contributed by atoms with Gasteiger partial charge in [-0.25, -0.2) is 5.43 Å². The van der Waals surface area contributed by atoms with Gasteiger partial charge in [0.25, 0.3) is 5.91 Å².